The molecule has 0 aromatic heterocycles. The first kappa shape index (κ1) is 17.2. The minimum Gasteiger partial charge on any atom is -0.497 e. The van der Waals surface area contributed by atoms with Crippen molar-refractivity contribution in [2.45, 2.75) is 6.42 Å². The zero-order valence-corrected chi connectivity index (χ0v) is 12.3. The van der Waals surface area contributed by atoms with Crippen molar-refractivity contribution in [3.8, 4) is 11.8 Å². The number of rotatable bonds is 8. The van der Waals surface area contributed by atoms with Crippen molar-refractivity contribution in [3.05, 3.63) is 42.5 Å². The summed E-state index contributed by atoms with van der Waals surface area (Å²) in [7, 11) is 1.56. The fraction of sp³-hybridized carbons (Fsp3) is 0.312. The Labute approximate surface area is 128 Å². The first-order valence-electron chi connectivity index (χ1n) is 6.59. The average Bonchev–Trinajstić information content (AvgIpc) is 2.56. The second-order valence-corrected chi connectivity index (χ2v) is 4.27. The molecule has 0 bridgehead atoms. The molecule has 6 heteroatoms. The van der Waals surface area contributed by atoms with E-state index in [0.29, 0.717) is 5.75 Å². The third-order valence-electron chi connectivity index (χ3n) is 2.78. The van der Waals surface area contributed by atoms with Gasteiger partial charge in [-0.15, -0.1) is 0 Å². The SMILES string of the molecule is C=CC(=O)OCCOC(=O)C(C#N)Cc1ccc(OC)cc1. The predicted octanol–water partition coefficient (Wildman–Crippen LogP) is 1.65. The van der Waals surface area contributed by atoms with E-state index in [2.05, 4.69) is 11.3 Å². The predicted molar refractivity (Wildman–Crippen MR) is 77.9 cm³/mol. The summed E-state index contributed by atoms with van der Waals surface area (Å²) in [6.07, 6.45) is 1.26. The van der Waals surface area contributed by atoms with Gasteiger partial charge < -0.3 is 14.2 Å². The number of nitriles is 1. The Kier molecular flexibility index (Phi) is 7.20. The van der Waals surface area contributed by atoms with Crippen LogP contribution in [0.5, 0.6) is 5.75 Å². The van der Waals surface area contributed by atoms with Crippen LogP contribution >= 0.6 is 0 Å². The molecule has 6 nitrogen and oxygen atoms in total. The number of benzene rings is 1. The Bertz CT molecular complexity index is 559. The number of ether oxygens (including phenoxy) is 3. The van der Waals surface area contributed by atoms with Gasteiger partial charge in [-0.1, -0.05) is 18.7 Å². The molecule has 116 valence electrons. The lowest BCUT2D eigenvalue weighted by Gasteiger charge is -2.10. The lowest BCUT2D eigenvalue weighted by molar-refractivity contribution is -0.151. The number of hydrogen-bond donors (Lipinski definition) is 0. The summed E-state index contributed by atoms with van der Waals surface area (Å²) in [5.74, 6) is -1.45. The molecule has 0 radical (unpaired) electrons. The standard InChI is InChI=1S/C16H17NO5/c1-3-15(18)21-8-9-22-16(19)13(11-17)10-12-4-6-14(20-2)7-5-12/h3-7,13H,1,8-10H2,2H3. The first-order chi connectivity index (χ1) is 10.6. The second-order valence-electron chi connectivity index (χ2n) is 4.27. The largest absolute Gasteiger partial charge is 0.497 e. The summed E-state index contributed by atoms with van der Waals surface area (Å²) in [6, 6.07) is 8.98. The molecule has 0 saturated carbocycles. The summed E-state index contributed by atoms with van der Waals surface area (Å²) < 4.78 is 14.6. The Morgan fingerprint density at radius 2 is 1.91 bits per heavy atom. The van der Waals surface area contributed by atoms with E-state index in [1.807, 2.05) is 6.07 Å². The summed E-state index contributed by atoms with van der Waals surface area (Å²) in [5.41, 5.74) is 0.822. The highest BCUT2D eigenvalue weighted by Crippen LogP contribution is 2.15. The molecule has 1 rings (SSSR count). The molecule has 0 fully saturated rings. The van der Waals surface area contributed by atoms with E-state index in [4.69, 9.17) is 14.7 Å². The van der Waals surface area contributed by atoms with Gasteiger partial charge in [0.25, 0.3) is 0 Å². The van der Waals surface area contributed by atoms with Crippen molar-refractivity contribution in [1.82, 2.24) is 0 Å². The smallest absolute Gasteiger partial charge is 0.330 e. The van der Waals surface area contributed by atoms with Crippen LogP contribution in [-0.4, -0.2) is 32.3 Å². The van der Waals surface area contributed by atoms with Crippen LogP contribution in [-0.2, 0) is 25.5 Å². The molecule has 1 atom stereocenters. The van der Waals surface area contributed by atoms with E-state index in [-0.39, 0.29) is 19.6 Å². The maximum atomic E-state index is 11.8. The highest BCUT2D eigenvalue weighted by atomic mass is 16.6. The van der Waals surface area contributed by atoms with Gasteiger partial charge in [-0.05, 0) is 24.1 Å². The fourth-order valence-corrected chi connectivity index (χ4v) is 1.62. The molecule has 1 aromatic carbocycles. The van der Waals surface area contributed by atoms with Crippen LogP contribution in [0.25, 0.3) is 0 Å². The Morgan fingerprint density at radius 3 is 2.45 bits per heavy atom. The van der Waals surface area contributed by atoms with E-state index in [1.165, 1.54) is 0 Å². The molecule has 1 aromatic rings. The molecule has 1 unspecified atom stereocenters. The second kappa shape index (κ2) is 9.19. The number of esters is 2. The third-order valence-corrected chi connectivity index (χ3v) is 2.78. The molecule has 0 heterocycles. The van der Waals surface area contributed by atoms with Crippen LogP contribution in [0.2, 0.25) is 0 Å². The normalized spacial score (nSPS) is 10.9. The number of nitrogens with zero attached hydrogens (tertiary/aromatic N) is 1. The maximum Gasteiger partial charge on any atom is 0.330 e. The van der Waals surface area contributed by atoms with E-state index < -0.39 is 17.9 Å². The van der Waals surface area contributed by atoms with E-state index >= 15 is 0 Å². The van der Waals surface area contributed by atoms with Gasteiger partial charge in [0.05, 0.1) is 13.2 Å². The van der Waals surface area contributed by atoms with Crippen LogP contribution in [0.4, 0.5) is 0 Å². The van der Waals surface area contributed by atoms with Gasteiger partial charge in [0.15, 0.2) is 0 Å². The minimum absolute atomic E-state index is 0.0721. The molecule has 0 N–H and O–H groups in total. The van der Waals surface area contributed by atoms with Crippen molar-refractivity contribution in [1.29, 1.82) is 5.26 Å². The molecule has 0 aliphatic carbocycles. The summed E-state index contributed by atoms with van der Waals surface area (Å²) in [6.45, 7) is 3.07. The average molecular weight is 303 g/mol. The van der Waals surface area contributed by atoms with Gasteiger partial charge in [-0.3, -0.25) is 4.79 Å². The number of methoxy groups -OCH3 is 1. The Balaban J connectivity index is 2.45. The van der Waals surface area contributed by atoms with E-state index in [0.717, 1.165) is 11.6 Å². The monoisotopic (exact) mass is 303 g/mol. The number of hydrogen-bond acceptors (Lipinski definition) is 6. The Morgan fingerprint density at radius 1 is 1.27 bits per heavy atom. The minimum atomic E-state index is -0.913. The summed E-state index contributed by atoms with van der Waals surface area (Å²) >= 11 is 0. The summed E-state index contributed by atoms with van der Waals surface area (Å²) in [5, 5.41) is 9.07. The van der Waals surface area contributed by atoms with Gasteiger partial charge >= 0.3 is 11.9 Å². The maximum absolute atomic E-state index is 11.8. The van der Waals surface area contributed by atoms with Crippen molar-refractivity contribution < 1.29 is 23.8 Å². The highest BCUT2D eigenvalue weighted by Gasteiger charge is 2.20. The van der Waals surface area contributed by atoms with Crippen molar-refractivity contribution in [2.24, 2.45) is 5.92 Å². The molecule has 0 aliphatic rings. The van der Waals surface area contributed by atoms with E-state index in [9.17, 15) is 9.59 Å². The van der Waals surface area contributed by atoms with Gasteiger partial charge in [-0.2, -0.15) is 5.26 Å². The molecule has 0 spiro atoms. The molecular weight excluding hydrogens is 286 g/mol. The lowest BCUT2D eigenvalue weighted by atomic mass is 10.0. The molecule has 0 saturated heterocycles. The van der Waals surface area contributed by atoms with Crippen LogP contribution in [0.3, 0.4) is 0 Å². The zero-order chi connectivity index (χ0) is 16.4. The van der Waals surface area contributed by atoms with Crippen LogP contribution in [0.15, 0.2) is 36.9 Å². The zero-order valence-electron chi connectivity index (χ0n) is 12.3. The van der Waals surface area contributed by atoms with Gasteiger partial charge in [0.2, 0.25) is 0 Å². The lowest BCUT2D eigenvalue weighted by Crippen LogP contribution is -2.21. The molecule has 22 heavy (non-hydrogen) atoms. The fourth-order valence-electron chi connectivity index (χ4n) is 1.62. The molecule has 0 aliphatic heterocycles. The van der Waals surface area contributed by atoms with Crippen molar-refractivity contribution in [3.63, 3.8) is 0 Å². The molecule has 0 amide bonds. The van der Waals surface area contributed by atoms with Crippen LogP contribution < -0.4 is 4.74 Å². The van der Waals surface area contributed by atoms with Crippen molar-refractivity contribution >= 4 is 11.9 Å². The highest BCUT2D eigenvalue weighted by molar-refractivity contribution is 5.81. The first-order valence-corrected chi connectivity index (χ1v) is 6.59. The third kappa shape index (κ3) is 5.67. The van der Waals surface area contributed by atoms with E-state index in [1.54, 1.807) is 31.4 Å². The van der Waals surface area contributed by atoms with Gasteiger partial charge in [-0.25, -0.2) is 4.79 Å². The number of carbonyl (C=O) groups excluding carboxylic acids is 2. The topological polar surface area (TPSA) is 85.6 Å². The van der Waals surface area contributed by atoms with Gasteiger partial charge in [0.1, 0.15) is 24.9 Å². The van der Waals surface area contributed by atoms with Crippen LogP contribution in [0, 0.1) is 17.2 Å². The molecular formula is C16H17NO5. The van der Waals surface area contributed by atoms with Crippen molar-refractivity contribution in [2.75, 3.05) is 20.3 Å². The quantitative estimate of drug-likeness (QED) is 0.412. The Hall–Kier alpha value is -2.81. The van der Waals surface area contributed by atoms with Gasteiger partial charge in [0, 0.05) is 6.08 Å². The summed E-state index contributed by atoms with van der Waals surface area (Å²) in [4.78, 5) is 22.6. The van der Waals surface area contributed by atoms with Crippen LogP contribution in [0.1, 0.15) is 5.56 Å². The number of carbonyl (C=O) groups is 2.